The molecule has 0 bridgehead atoms. The number of nitrogen functional groups attached to an aromatic ring is 1. The number of rotatable bonds is 6. The zero-order valence-corrected chi connectivity index (χ0v) is 17.8. The highest BCUT2D eigenvalue weighted by Crippen LogP contribution is 2.33. The Morgan fingerprint density at radius 1 is 1.45 bits per heavy atom. The highest BCUT2D eigenvalue weighted by molar-refractivity contribution is 7.20. The molecule has 0 spiro atoms. The third kappa shape index (κ3) is 4.19. The summed E-state index contributed by atoms with van der Waals surface area (Å²) in [5, 5.41) is 13.7. The summed E-state index contributed by atoms with van der Waals surface area (Å²) in [6.45, 7) is 2.77. The number of piperidine rings is 1. The van der Waals surface area contributed by atoms with E-state index in [0.717, 1.165) is 10.2 Å². The molecule has 1 aliphatic rings. The monoisotopic (exact) mass is 445 g/mol. The van der Waals surface area contributed by atoms with Gasteiger partial charge in [-0.25, -0.2) is 9.97 Å². The largest absolute Gasteiger partial charge is 0.493 e. The Kier molecular flexibility index (Phi) is 5.79. The number of nitrogens with one attached hydrogen (secondary N) is 1. The standard InChI is InChI=1S/C20H23N5O5S/c1-2-29-13-4-6-22-17-12(13)8-15(31-17)18(28)25-7-3-5-20(10-25,11-26)24-16(27)14-9-23-19(21)30-14/h4,6,8-9,26H,2-3,5,7,10-11H2,1H3,(H2,21,23)(H,24,27). The van der Waals surface area contributed by atoms with Gasteiger partial charge < -0.3 is 30.2 Å². The van der Waals surface area contributed by atoms with Crippen LogP contribution in [0.1, 0.15) is 40.0 Å². The van der Waals surface area contributed by atoms with Gasteiger partial charge in [0.25, 0.3) is 17.8 Å². The maximum atomic E-state index is 13.2. The predicted molar refractivity (Wildman–Crippen MR) is 114 cm³/mol. The molecule has 3 aromatic rings. The zero-order chi connectivity index (χ0) is 22.0. The second-order valence-electron chi connectivity index (χ2n) is 7.36. The van der Waals surface area contributed by atoms with Crippen molar-refractivity contribution < 1.29 is 23.8 Å². The fourth-order valence-electron chi connectivity index (χ4n) is 3.73. The van der Waals surface area contributed by atoms with Gasteiger partial charge in [0.2, 0.25) is 5.76 Å². The highest BCUT2D eigenvalue weighted by Gasteiger charge is 2.39. The molecule has 164 valence electrons. The number of carbonyl (C=O) groups is 2. The summed E-state index contributed by atoms with van der Waals surface area (Å²) in [6, 6.07) is 3.44. The number of oxazole rings is 1. The summed E-state index contributed by atoms with van der Waals surface area (Å²) >= 11 is 1.29. The zero-order valence-electron chi connectivity index (χ0n) is 17.0. The fraction of sp³-hybridized carbons (Fsp3) is 0.400. The van der Waals surface area contributed by atoms with Gasteiger partial charge >= 0.3 is 0 Å². The number of nitrogens with zero attached hydrogens (tertiary/aromatic N) is 3. The highest BCUT2D eigenvalue weighted by atomic mass is 32.1. The van der Waals surface area contributed by atoms with Crippen molar-refractivity contribution in [3.05, 3.63) is 35.2 Å². The van der Waals surface area contributed by atoms with E-state index in [2.05, 4.69) is 15.3 Å². The minimum atomic E-state index is -0.988. The smallest absolute Gasteiger partial charge is 0.292 e. The Labute approximate surface area is 182 Å². The van der Waals surface area contributed by atoms with Crippen molar-refractivity contribution in [2.24, 2.45) is 0 Å². The van der Waals surface area contributed by atoms with Gasteiger partial charge in [-0.15, -0.1) is 11.3 Å². The molecule has 10 nitrogen and oxygen atoms in total. The van der Waals surface area contributed by atoms with Crippen molar-refractivity contribution in [1.29, 1.82) is 0 Å². The van der Waals surface area contributed by atoms with Gasteiger partial charge in [0.1, 0.15) is 10.6 Å². The van der Waals surface area contributed by atoms with E-state index in [9.17, 15) is 14.7 Å². The second kappa shape index (κ2) is 8.52. The topological polar surface area (TPSA) is 144 Å². The van der Waals surface area contributed by atoms with Crippen LogP contribution in [0.3, 0.4) is 0 Å². The van der Waals surface area contributed by atoms with Gasteiger partial charge in [0.05, 0.1) is 35.2 Å². The Morgan fingerprint density at radius 2 is 2.29 bits per heavy atom. The molecule has 2 amide bonds. The van der Waals surface area contributed by atoms with Crippen LogP contribution >= 0.6 is 11.3 Å². The van der Waals surface area contributed by atoms with E-state index in [1.807, 2.05) is 6.92 Å². The summed E-state index contributed by atoms with van der Waals surface area (Å²) in [6.07, 6.45) is 4.02. The first-order valence-electron chi connectivity index (χ1n) is 9.90. The first-order chi connectivity index (χ1) is 14.9. The van der Waals surface area contributed by atoms with E-state index in [-0.39, 0.29) is 30.8 Å². The van der Waals surface area contributed by atoms with Crippen LogP contribution in [0.15, 0.2) is 28.9 Å². The Morgan fingerprint density at radius 3 is 3.00 bits per heavy atom. The molecule has 0 saturated carbocycles. The van der Waals surface area contributed by atoms with Crippen molar-refractivity contribution in [2.75, 3.05) is 32.0 Å². The fourth-order valence-corrected chi connectivity index (χ4v) is 4.71. The summed E-state index contributed by atoms with van der Waals surface area (Å²) in [5.74, 6) is -0.0846. The lowest BCUT2D eigenvalue weighted by atomic mass is 9.89. The number of aromatic nitrogens is 2. The lowest BCUT2D eigenvalue weighted by Gasteiger charge is -2.41. The molecule has 1 saturated heterocycles. The molecule has 0 aliphatic carbocycles. The van der Waals surface area contributed by atoms with Gasteiger partial charge in [-0.05, 0) is 31.9 Å². The van der Waals surface area contributed by atoms with Crippen LogP contribution in [0, 0.1) is 0 Å². The van der Waals surface area contributed by atoms with Crippen molar-refractivity contribution in [3.63, 3.8) is 0 Å². The summed E-state index contributed by atoms with van der Waals surface area (Å²) in [4.78, 5) is 36.7. The quantitative estimate of drug-likeness (QED) is 0.520. The van der Waals surface area contributed by atoms with Crippen molar-refractivity contribution >= 4 is 39.4 Å². The van der Waals surface area contributed by atoms with E-state index in [1.165, 1.54) is 17.5 Å². The predicted octanol–water partition coefficient (Wildman–Crippen LogP) is 1.66. The third-order valence-corrected chi connectivity index (χ3v) is 6.23. The first kappa shape index (κ1) is 21.1. The number of amides is 2. The second-order valence-corrected chi connectivity index (χ2v) is 8.39. The van der Waals surface area contributed by atoms with Crippen molar-refractivity contribution in [2.45, 2.75) is 25.3 Å². The summed E-state index contributed by atoms with van der Waals surface area (Å²) < 4.78 is 10.7. The van der Waals surface area contributed by atoms with E-state index < -0.39 is 11.4 Å². The summed E-state index contributed by atoms with van der Waals surface area (Å²) in [5.41, 5.74) is 4.44. The third-order valence-electron chi connectivity index (χ3n) is 5.20. The Hall–Kier alpha value is -3.18. The molecule has 0 aromatic carbocycles. The van der Waals surface area contributed by atoms with Crippen LogP contribution in [0.2, 0.25) is 0 Å². The van der Waals surface area contributed by atoms with Gasteiger partial charge in [-0.3, -0.25) is 9.59 Å². The van der Waals surface area contributed by atoms with Crippen molar-refractivity contribution in [3.8, 4) is 5.75 Å². The van der Waals surface area contributed by atoms with Gasteiger partial charge in [-0.1, -0.05) is 0 Å². The van der Waals surface area contributed by atoms with Crippen LogP contribution in [0.5, 0.6) is 5.75 Å². The van der Waals surface area contributed by atoms with Crippen LogP contribution in [-0.2, 0) is 0 Å². The minimum Gasteiger partial charge on any atom is -0.493 e. The average Bonchev–Trinajstić information content (AvgIpc) is 3.40. The number of aliphatic hydroxyl groups excluding tert-OH is 1. The maximum Gasteiger partial charge on any atom is 0.292 e. The number of fused-ring (bicyclic) bond motifs is 1. The van der Waals surface area contributed by atoms with Crippen molar-refractivity contribution in [1.82, 2.24) is 20.2 Å². The molecule has 4 rings (SSSR count). The normalized spacial score (nSPS) is 18.8. The lowest BCUT2D eigenvalue weighted by molar-refractivity contribution is 0.0427. The number of hydrogen-bond donors (Lipinski definition) is 3. The molecule has 1 fully saturated rings. The van der Waals surface area contributed by atoms with Gasteiger partial charge in [0.15, 0.2) is 0 Å². The number of aliphatic hydroxyl groups is 1. The van der Waals surface area contributed by atoms with Crippen LogP contribution in [0.4, 0.5) is 6.01 Å². The molecule has 3 aromatic heterocycles. The Bertz CT molecular complexity index is 1110. The van der Waals surface area contributed by atoms with Crippen LogP contribution in [-0.4, -0.2) is 63.6 Å². The molecule has 1 atom stereocenters. The molecule has 4 N–H and O–H groups in total. The SMILES string of the molecule is CCOc1ccnc2sc(C(=O)N3CCCC(CO)(NC(=O)c4cnc(N)o4)C3)cc12. The molecular weight excluding hydrogens is 422 g/mol. The van der Waals surface area contributed by atoms with Gasteiger partial charge in [-0.2, -0.15) is 0 Å². The summed E-state index contributed by atoms with van der Waals surface area (Å²) in [7, 11) is 0. The average molecular weight is 446 g/mol. The lowest BCUT2D eigenvalue weighted by Crippen LogP contribution is -2.61. The molecule has 4 heterocycles. The van der Waals surface area contributed by atoms with Crippen LogP contribution < -0.4 is 15.8 Å². The van der Waals surface area contributed by atoms with E-state index in [4.69, 9.17) is 14.9 Å². The first-order valence-corrected chi connectivity index (χ1v) is 10.7. The number of anilines is 1. The number of hydrogen-bond acceptors (Lipinski definition) is 9. The van der Waals surface area contributed by atoms with E-state index in [1.54, 1.807) is 23.2 Å². The number of thiophene rings is 1. The number of ether oxygens (including phenoxy) is 1. The van der Waals surface area contributed by atoms with E-state index >= 15 is 0 Å². The van der Waals surface area contributed by atoms with Crippen LogP contribution in [0.25, 0.3) is 10.2 Å². The molecule has 0 radical (unpaired) electrons. The molecular formula is C20H23N5O5S. The number of likely N-dealkylation sites (tertiary alicyclic amines) is 1. The number of carbonyl (C=O) groups excluding carboxylic acids is 2. The van der Waals surface area contributed by atoms with E-state index in [0.29, 0.717) is 36.6 Å². The van der Waals surface area contributed by atoms with Gasteiger partial charge in [0, 0.05) is 19.3 Å². The molecule has 1 unspecified atom stereocenters. The molecule has 31 heavy (non-hydrogen) atoms. The molecule has 1 aliphatic heterocycles. The number of pyridine rings is 1. The molecule has 11 heteroatoms. The number of nitrogens with two attached hydrogens (primary N) is 1. The minimum absolute atomic E-state index is 0.0483. The Balaban J connectivity index is 1.54. The maximum absolute atomic E-state index is 13.2.